The molecule has 0 aromatic rings. The molecule has 1 fully saturated rings. The first-order chi connectivity index (χ1) is 6.79. The molecule has 0 bridgehead atoms. The summed E-state index contributed by atoms with van der Waals surface area (Å²) >= 11 is 0. The maximum absolute atomic E-state index is 5.94. The second-order valence-electron chi connectivity index (χ2n) is 4.95. The van der Waals surface area contributed by atoms with Crippen molar-refractivity contribution in [1.29, 1.82) is 0 Å². The largest absolute Gasteiger partial charge is 0.374 e. The van der Waals surface area contributed by atoms with E-state index in [1.165, 1.54) is 25.7 Å². The van der Waals surface area contributed by atoms with Crippen LogP contribution >= 0.6 is 0 Å². The third kappa shape index (κ3) is 2.58. The second kappa shape index (κ2) is 4.45. The summed E-state index contributed by atoms with van der Waals surface area (Å²) < 4.78 is 5.94. The van der Waals surface area contributed by atoms with Gasteiger partial charge in [-0.2, -0.15) is 0 Å². The molecule has 2 heteroatoms. The maximum atomic E-state index is 5.94. The van der Waals surface area contributed by atoms with Crippen molar-refractivity contribution < 1.29 is 4.74 Å². The minimum atomic E-state index is 0.380. The van der Waals surface area contributed by atoms with E-state index < -0.39 is 0 Å². The van der Waals surface area contributed by atoms with E-state index in [9.17, 15) is 0 Å². The molecule has 2 atom stereocenters. The molecular formula is C12H21NO. The number of nitrogens with one attached hydrogen (secondary N) is 1. The number of ether oxygens (including phenoxy) is 1. The van der Waals surface area contributed by atoms with Crippen LogP contribution in [0.25, 0.3) is 0 Å². The van der Waals surface area contributed by atoms with E-state index in [4.69, 9.17) is 4.74 Å². The van der Waals surface area contributed by atoms with Gasteiger partial charge in [0.25, 0.3) is 0 Å². The highest BCUT2D eigenvalue weighted by Crippen LogP contribution is 2.26. The van der Waals surface area contributed by atoms with Crippen LogP contribution in [0.4, 0.5) is 0 Å². The van der Waals surface area contributed by atoms with Crippen LogP contribution in [0.2, 0.25) is 0 Å². The van der Waals surface area contributed by atoms with Crippen LogP contribution in [-0.2, 0) is 4.74 Å². The van der Waals surface area contributed by atoms with Crippen molar-refractivity contribution in [2.45, 2.75) is 38.7 Å². The summed E-state index contributed by atoms with van der Waals surface area (Å²) in [5.74, 6) is 0. The lowest BCUT2D eigenvalue weighted by Crippen LogP contribution is -2.28. The molecule has 80 valence electrons. The molecule has 0 aromatic heterocycles. The fourth-order valence-corrected chi connectivity index (χ4v) is 2.22. The Morgan fingerprint density at radius 2 is 2.50 bits per heavy atom. The summed E-state index contributed by atoms with van der Waals surface area (Å²) in [5.41, 5.74) is 0.380. The lowest BCUT2D eigenvalue weighted by Gasteiger charge is -2.26. The van der Waals surface area contributed by atoms with Crippen LogP contribution in [-0.4, -0.2) is 25.8 Å². The molecule has 0 amide bonds. The lowest BCUT2D eigenvalue weighted by atomic mass is 9.91. The third-order valence-corrected chi connectivity index (χ3v) is 3.31. The SMILES string of the molecule is CC1(COC2C=CCCC2)CCNC1. The van der Waals surface area contributed by atoms with Gasteiger partial charge in [-0.15, -0.1) is 0 Å². The highest BCUT2D eigenvalue weighted by molar-refractivity contribution is 4.95. The maximum Gasteiger partial charge on any atom is 0.0756 e. The first kappa shape index (κ1) is 10.2. The van der Waals surface area contributed by atoms with Gasteiger partial charge in [0.05, 0.1) is 12.7 Å². The second-order valence-corrected chi connectivity index (χ2v) is 4.95. The van der Waals surface area contributed by atoms with Gasteiger partial charge in [-0.25, -0.2) is 0 Å². The van der Waals surface area contributed by atoms with Gasteiger partial charge in [0, 0.05) is 12.0 Å². The Morgan fingerprint density at radius 3 is 3.14 bits per heavy atom. The van der Waals surface area contributed by atoms with Gasteiger partial charge in [0.15, 0.2) is 0 Å². The molecule has 1 aliphatic heterocycles. The zero-order chi connectivity index (χ0) is 9.86. The Balaban J connectivity index is 1.75. The van der Waals surface area contributed by atoms with Crippen molar-refractivity contribution >= 4 is 0 Å². The van der Waals surface area contributed by atoms with Crippen molar-refractivity contribution in [1.82, 2.24) is 5.32 Å². The van der Waals surface area contributed by atoms with Gasteiger partial charge < -0.3 is 10.1 Å². The molecule has 1 aliphatic carbocycles. The van der Waals surface area contributed by atoms with Crippen LogP contribution in [0.5, 0.6) is 0 Å². The van der Waals surface area contributed by atoms with Crippen LogP contribution in [0, 0.1) is 5.41 Å². The normalized spacial score (nSPS) is 37.6. The van der Waals surface area contributed by atoms with Gasteiger partial charge in [-0.1, -0.05) is 19.1 Å². The Kier molecular flexibility index (Phi) is 3.24. The first-order valence-corrected chi connectivity index (χ1v) is 5.78. The van der Waals surface area contributed by atoms with Crippen LogP contribution in [0.1, 0.15) is 32.6 Å². The quantitative estimate of drug-likeness (QED) is 0.696. The van der Waals surface area contributed by atoms with Gasteiger partial charge in [-0.3, -0.25) is 0 Å². The van der Waals surface area contributed by atoms with E-state index in [1.807, 2.05) is 0 Å². The molecule has 0 saturated carbocycles. The zero-order valence-electron chi connectivity index (χ0n) is 9.09. The predicted octanol–water partition coefficient (Wildman–Crippen LogP) is 2.11. The fourth-order valence-electron chi connectivity index (χ4n) is 2.22. The van der Waals surface area contributed by atoms with Crippen molar-refractivity contribution in [3.8, 4) is 0 Å². The Hall–Kier alpha value is -0.340. The van der Waals surface area contributed by atoms with E-state index in [2.05, 4.69) is 24.4 Å². The summed E-state index contributed by atoms with van der Waals surface area (Å²) in [6.07, 6.45) is 9.86. The highest BCUT2D eigenvalue weighted by Gasteiger charge is 2.29. The molecular weight excluding hydrogens is 174 g/mol. The van der Waals surface area contributed by atoms with E-state index in [1.54, 1.807) is 0 Å². The van der Waals surface area contributed by atoms with E-state index in [0.29, 0.717) is 11.5 Å². The molecule has 2 nitrogen and oxygen atoms in total. The number of allylic oxidation sites excluding steroid dienone is 1. The summed E-state index contributed by atoms with van der Waals surface area (Å²) in [5, 5.41) is 3.40. The molecule has 0 radical (unpaired) electrons. The van der Waals surface area contributed by atoms with Gasteiger partial charge >= 0.3 is 0 Å². The minimum Gasteiger partial charge on any atom is -0.374 e. The molecule has 1 N–H and O–H groups in total. The number of rotatable bonds is 3. The van der Waals surface area contributed by atoms with Gasteiger partial charge in [0.1, 0.15) is 0 Å². The Morgan fingerprint density at radius 1 is 1.57 bits per heavy atom. The summed E-state index contributed by atoms with van der Waals surface area (Å²) in [7, 11) is 0. The van der Waals surface area contributed by atoms with Gasteiger partial charge in [0.2, 0.25) is 0 Å². The molecule has 2 aliphatic rings. The standard InChI is InChI=1S/C12H21NO/c1-12(7-8-13-9-12)10-14-11-5-3-2-4-6-11/h3,5,11,13H,2,4,6-10H2,1H3. The van der Waals surface area contributed by atoms with Gasteiger partial charge in [-0.05, 0) is 32.2 Å². The fraction of sp³-hybridized carbons (Fsp3) is 0.833. The molecule has 1 saturated heterocycles. The van der Waals surface area contributed by atoms with E-state index in [0.717, 1.165) is 19.7 Å². The topological polar surface area (TPSA) is 21.3 Å². The molecule has 2 unspecified atom stereocenters. The average Bonchev–Trinajstić information content (AvgIpc) is 2.65. The summed E-state index contributed by atoms with van der Waals surface area (Å²) in [6, 6.07) is 0. The Labute approximate surface area is 86.7 Å². The third-order valence-electron chi connectivity index (χ3n) is 3.31. The molecule has 0 spiro atoms. The predicted molar refractivity (Wildman–Crippen MR) is 58.3 cm³/mol. The molecule has 1 heterocycles. The first-order valence-electron chi connectivity index (χ1n) is 5.78. The van der Waals surface area contributed by atoms with Crippen molar-refractivity contribution in [2.24, 2.45) is 5.41 Å². The zero-order valence-corrected chi connectivity index (χ0v) is 9.09. The molecule has 0 aromatic carbocycles. The van der Waals surface area contributed by atoms with Crippen LogP contribution in [0.3, 0.4) is 0 Å². The van der Waals surface area contributed by atoms with Crippen molar-refractivity contribution in [2.75, 3.05) is 19.7 Å². The number of hydrogen-bond donors (Lipinski definition) is 1. The average molecular weight is 195 g/mol. The summed E-state index contributed by atoms with van der Waals surface area (Å²) in [4.78, 5) is 0. The van der Waals surface area contributed by atoms with Crippen LogP contribution < -0.4 is 5.32 Å². The smallest absolute Gasteiger partial charge is 0.0756 e. The highest BCUT2D eigenvalue weighted by atomic mass is 16.5. The van der Waals surface area contributed by atoms with E-state index >= 15 is 0 Å². The monoisotopic (exact) mass is 195 g/mol. The van der Waals surface area contributed by atoms with E-state index in [-0.39, 0.29) is 0 Å². The van der Waals surface area contributed by atoms with Crippen molar-refractivity contribution in [3.63, 3.8) is 0 Å². The van der Waals surface area contributed by atoms with Crippen molar-refractivity contribution in [3.05, 3.63) is 12.2 Å². The molecule has 2 rings (SSSR count). The minimum absolute atomic E-state index is 0.380. The lowest BCUT2D eigenvalue weighted by molar-refractivity contribution is 0.0205. The Bertz CT molecular complexity index is 206. The number of hydrogen-bond acceptors (Lipinski definition) is 2. The summed E-state index contributed by atoms with van der Waals surface area (Å²) in [6.45, 7) is 5.50. The van der Waals surface area contributed by atoms with Crippen LogP contribution in [0.15, 0.2) is 12.2 Å². The molecule has 14 heavy (non-hydrogen) atoms.